The summed E-state index contributed by atoms with van der Waals surface area (Å²) < 4.78 is 5.99. The minimum Gasteiger partial charge on any atom is -0.460 e. The molecule has 1 heterocycles. The minimum absolute atomic E-state index is 0.431. The predicted octanol–water partition coefficient (Wildman–Crippen LogP) is 5.20. The molecule has 1 aliphatic carbocycles. The molecule has 130 valence electrons. The summed E-state index contributed by atoms with van der Waals surface area (Å²) >= 11 is 0. The standard InChI is InChI=1S/C21H29NO2/c1-16(23)17-9-11-18(12-10-17)21-14-13-20(24-21)15-22-19-7-5-3-2-4-6-8-19/h9-14,16,19,22-23H,2-8,15H2,1H3/t16-/m0/s1. The Balaban J connectivity index is 1.56. The maximum atomic E-state index is 9.59. The van der Waals surface area contributed by atoms with E-state index in [1.54, 1.807) is 6.92 Å². The smallest absolute Gasteiger partial charge is 0.134 e. The van der Waals surface area contributed by atoms with E-state index in [0.29, 0.717) is 6.04 Å². The van der Waals surface area contributed by atoms with E-state index in [1.807, 2.05) is 30.3 Å². The highest BCUT2D eigenvalue weighted by atomic mass is 16.3. The molecule has 3 nitrogen and oxygen atoms in total. The van der Waals surface area contributed by atoms with Gasteiger partial charge in [0.05, 0.1) is 12.6 Å². The minimum atomic E-state index is -0.431. The van der Waals surface area contributed by atoms with Crippen molar-refractivity contribution >= 4 is 0 Å². The third-order valence-corrected chi connectivity index (χ3v) is 5.01. The van der Waals surface area contributed by atoms with Crippen LogP contribution in [0, 0.1) is 0 Å². The molecule has 0 unspecified atom stereocenters. The zero-order valence-corrected chi connectivity index (χ0v) is 14.6. The lowest BCUT2D eigenvalue weighted by atomic mass is 9.97. The highest BCUT2D eigenvalue weighted by Gasteiger charge is 2.12. The van der Waals surface area contributed by atoms with E-state index in [1.165, 1.54) is 44.9 Å². The summed E-state index contributed by atoms with van der Waals surface area (Å²) in [7, 11) is 0. The number of benzene rings is 1. The average Bonchev–Trinajstić information content (AvgIpc) is 3.03. The molecule has 0 radical (unpaired) electrons. The van der Waals surface area contributed by atoms with Gasteiger partial charge in [-0.3, -0.25) is 0 Å². The number of rotatable bonds is 5. The Bertz CT molecular complexity index is 607. The maximum absolute atomic E-state index is 9.59. The number of hydrogen-bond acceptors (Lipinski definition) is 3. The van der Waals surface area contributed by atoms with Crippen molar-refractivity contribution in [3.63, 3.8) is 0 Å². The van der Waals surface area contributed by atoms with Gasteiger partial charge < -0.3 is 14.8 Å². The maximum Gasteiger partial charge on any atom is 0.134 e. The van der Waals surface area contributed by atoms with Crippen LogP contribution in [0.15, 0.2) is 40.8 Å². The molecule has 2 aromatic rings. The van der Waals surface area contributed by atoms with Gasteiger partial charge in [0, 0.05) is 11.6 Å². The first-order valence-corrected chi connectivity index (χ1v) is 9.33. The van der Waals surface area contributed by atoms with Crippen LogP contribution in [0.2, 0.25) is 0 Å². The van der Waals surface area contributed by atoms with Crippen LogP contribution in [0.5, 0.6) is 0 Å². The summed E-state index contributed by atoms with van der Waals surface area (Å²) in [5.41, 5.74) is 1.98. The van der Waals surface area contributed by atoms with Crippen molar-refractivity contribution in [2.24, 2.45) is 0 Å². The zero-order valence-electron chi connectivity index (χ0n) is 14.6. The van der Waals surface area contributed by atoms with Crippen molar-refractivity contribution in [3.8, 4) is 11.3 Å². The molecule has 0 saturated heterocycles. The fraction of sp³-hybridized carbons (Fsp3) is 0.524. The zero-order chi connectivity index (χ0) is 16.8. The lowest BCUT2D eigenvalue weighted by Crippen LogP contribution is -2.29. The van der Waals surface area contributed by atoms with Gasteiger partial charge in [0.1, 0.15) is 11.5 Å². The fourth-order valence-corrected chi connectivity index (χ4v) is 3.46. The molecule has 0 bridgehead atoms. The quantitative estimate of drug-likeness (QED) is 0.793. The number of aliphatic hydroxyl groups excluding tert-OH is 1. The lowest BCUT2D eigenvalue weighted by Gasteiger charge is -2.20. The topological polar surface area (TPSA) is 45.4 Å². The monoisotopic (exact) mass is 327 g/mol. The van der Waals surface area contributed by atoms with E-state index in [4.69, 9.17) is 4.42 Å². The summed E-state index contributed by atoms with van der Waals surface area (Å²) in [6.07, 6.45) is 8.99. The molecule has 1 fully saturated rings. The summed E-state index contributed by atoms with van der Waals surface area (Å²) in [4.78, 5) is 0. The Morgan fingerprint density at radius 1 is 1.00 bits per heavy atom. The van der Waals surface area contributed by atoms with Gasteiger partial charge >= 0.3 is 0 Å². The molecule has 0 aliphatic heterocycles. The first kappa shape index (κ1) is 17.2. The van der Waals surface area contributed by atoms with Crippen LogP contribution in [-0.4, -0.2) is 11.1 Å². The van der Waals surface area contributed by atoms with Gasteiger partial charge in [-0.2, -0.15) is 0 Å². The van der Waals surface area contributed by atoms with E-state index in [0.717, 1.165) is 29.2 Å². The van der Waals surface area contributed by atoms with Crippen LogP contribution in [0.4, 0.5) is 0 Å². The highest BCUT2D eigenvalue weighted by Crippen LogP contribution is 2.24. The second-order valence-corrected chi connectivity index (χ2v) is 6.99. The molecule has 3 rings (SSSR count). The molecule has 1 aromatic carbocycles. The molecule has 2 N–H and O–H groups in total. The van der Waals surface area contributed by atoms with Crippen molar-refractivity contribution in [1.29, 1.82) is 0 Å². The van der Waals surface area contributed by atoms with Gasteiger partial charge in [-0.25, -0.2) is 0 Å². The van der Waals surface area contributed by atoms with E-state index < -0.39 is 6.10 Å². The summed E-state index contributed by atoms with van der Waals surface area (Å²) in [6, 6.07) is 12.6. The van der Waals surface area contributed by atoms with Crippen LogP contribution in [-0.2, 0) is 6.54 Å². The van der Waals surface area contributed by atoms with E-state index in [-0.39, 0.29) is 0 Å². The number of hydrogen-bond donors (Lipinski definition) is 2. The van der Waals surface area contributed by atoms with Gasteiger partial charge in [0.2, 0.25) is 0 Å². The lowest BCUT2D eigenvalue weighted by molar-refractivity contribution is 0.199. The number of furan rings is 1. The third kappa shape index (κ3) is 4.71. The van der Waals surface area contributed by atoms with E-state index in [9.17, 15) is 5.11 Å². The molecular weight excluding hydrogens is 298 g/mol. The normalized spacial score (nSPS) is 18.1. The van der Waals surface area contributed by atoms with Gasteiger partial charge in [-0.05, 0) is 37.5 Å². The van der Waals surface area contributed by atoms with Gasteiger partial charge in [-0.1, -0.05) is 56.4 Å². The highest BCUT2D eigenvalue weighted by molar-refractivity contribution is 5.58. The molecular formula is C21H29NO2. The van der Waals surface area contributed by atoms with E-state index >= 15 is 0 Å². The summed E-state index contributed by atoms with van der Waals surface area (Å²) in [5, 5.41) is 13.3. The Morgan fingerprint density at radius 2 is 1.67 bits per heavy atom. The van der Waals surface area contributed by atoms with Gasteiger partial charge in [-0.15, -0.1) is 0 Å². The fourth-order valence-electron chi connectivity index (χ4n) is 3.46. The number of aliphatic hydroxyl groups is 1. The van der Waals surface area contributed by atoms with Crippen molar-refractivity contribution in [2.45, 2.75) is 70.6 Å². The summed E-state index contributed by atoms with van der Waals surface area (Å²) in [6.45, 7) is 2.58. The molecule has 3 heteroatoms. The van der Waals surface area contributed by atoms with Crippen LogP contribution in [0.1, 0.15) is 69.3 Å². The predicted molar refractivity (Wildman–Crippen MR) is 97.7 cm³/mol. The van der Waals surface area contributed by atoms with E-state index in [2.05, 4.69) is 11.4 Å². The SMILES string of the molecule is C[C@H](O)c1ccc(-c2ccc(CNC3CCCCCCC3)o2)cc1. The van der Waals surface area contributed by atoms with Crippen LogP contribution in [0.3, 0.4) is 0 Å². The van der Waals surface area contributed by atoms with Crippen molar-refractivity contribution < 1.29 is 9.52 Å². The Hall–Kier alpha value is -1.58. The largest absolute Gasteiger partial charge is 0.460 e. The second-order valence-electron chi connectivity index (χ2n) is 6.99. The molecule has 1 aliphatic rings. The van der Waals surface area contributed by atoms with Crippen LogP contribution < -0.4 is 5.32 Å². The average molecular weight is 327 g/mol. The van der Waals surface area contributed by atoms with Crippen molar-refractivity contribution in [1.82, 2.24) is 5.32 Å². The second kappa shape index (κ2) is 8.50. The molecule has 1 aromatic heterocycles. The Morgan fingerprint density at radius 3 is 2.33 bits per heavy atom. The van der Waals surface area contributed by atoms with Crippen LogP contribution in [0.25, 0.3) is 11.3 Å². The van der Waals surface area contributed by atoms with Crippen LogP contribution >= 0.6 is 0 Å². The molecule has 0 spiro atoms. The number of nitrogens with one attached hydrogen (secondary N) is 1. The van der Waals surface area contributed by atoms with Gasteiger partial charge in [0.15, 0.2) is 0 Å². The molecule has 1 saturated carbocycles. The summed E-state index contributed by atoms with van der Waals surface area (Å²) in [5.74, 6) is 1.88. The molecule has 1 atom stereocenters. The third-order valence-electron chi connectivity index (χ3n) is 5.01. The first-order valence-electron chi connectivity index (χ1n) is 9.33. The van der Waals surface area contributed by atoms with Crippen molar-refractivity contribution in [3.05, 3.63) is 47.7 Å². The first-order chi connectivity index (χ1) is 11.7. The molecule has 24 heavy (non-hydrogen) atoms. The Kier molecular flexibility index (Phi) is 6.11. The van der Waals surface area contributed by atoms with Gasteiger partial charge in [0.25, 0.3) is 0 Å². The van der Waals surface area contributed by atoms with Crippen molar-refractivity contribution in [2.75, 3.05) is 0 Å². The Labute approximate surface area is 145 Å². The molecule has 0 amide bonds.